The van der Waals surface area contributed by atoms with Gasteiger partial charge in [0.05, 0.1) is 11.6 Å². The predicted octanol–water partition coefficient (Wildman–Crippen LogP) is 5.09. The zero-order chi connectivity index (χ0) is 19.2. The molecule has 1 unspecified atom stereocenters. The van der Waals surface area contributed by atoms with Crippen LogP contribution >= 0.6 is 11.6 Å². The van der Waals surface area contributed by atoms with Gasteiger partial charge in [-0.25, -0.2) is 0 Å². The highest BCUT2D eigenvalue weighted by Crippen LogP contribution is 2.30. The van der Waals surface area contributed by atoms with Gasteiger partial charge in [0, 0.05) is 17.5 Å². The first-order valence-corrected chi connectivity index (χ1v) is 9.97. The molecule has 3 nitrogen and oxygen atoms in total. The number of halogens is 1. The van der Waals surface area contributed by atoms with Crippen molar-refractivity contribution in [3.8, 4) is 6.07 Å². The monoisotopic (exact) mass is 380 g/mol. The van der Waals surface area contributed by atoms with Crippen molar-refractivity contribution in [2.24, 2.45) is 11.8 Å². The van der Waals surface area contributed by atoms with E-state index >= 15 is 0 Å². The van der Waals surface area contributed by atoms with E-state index in [0.717, 1.165) is 36.3 Å². The van der Waals surface area contributed by atoms with Crippen LogP contribution in [0.2, 0.25) is 5.02 Å². The van der Waals surface area contributed by atoms with Crippen LogP contribution in [0.3, 0.4) is 0 Å². The van der Waals surface area contributed by atoms with Crippen molar-refractivity contribution in [3.05, 3.63) is 70.2 Å². The molecule has 1 amide bonds. The largest absolute Gasteiger partial charge is 0.356 e. The van der Waals surface area contributed by atoms with Gasteiger partial charge in [-0.1, -0.05) is 49.2 Å². The van der Waals surface area contributed by atoms with Gasteiger partial charge < -0.3 is 5.32 Å². The molecule has 4 heteroatoms. The Kier molecular flexibility index (Phi) is 6.53. The van der Waals surface area contributed by atoms with Crippen LogP contribution in [-0.4, -0.2) is 12.5 Å². The summed E-state index contributed by atoms with van der Waals surface area (Å²) in [6.45, 7) is 2.81. The predicted molar refractivity (Wildman–Crippen MR) is 109 cm³/mol. The minimum atomic E-state index is 0.184. The number of nitriles is 1. The number of nitrogens with zero attached hydrogens (tertiary/aromatic N) is 1. The van der Waals surface area contributed by atoms with Crippen LogP contribution in [-0.2, 0) is 11.2 Å². The SMILES string of the molecule is CC(CNC(=O)C1CCC1)[C@H](Cc1ccc(Cl)cc1)c1cccc(C#N)c1. The van der Waals surface area contributed by atoms with Crippen molar-refractivity contribution in [3.63, 3.8) is 0 Å². The van der Waals surface area contributed by atoms with Crippen LogP contribution in [0.25, 0.3) is 0 Å². The molecule has 0 spiro atoms. The Bertz CT molecular complexity index is 821. The zero-order valence-corrected chi connectivity index (χ0v) is 16.4. The lowest BCUT2D eigenvalue weighted by atomic mass is 9.81. The molecule has 2 aromatic rings. The number of carbonyl (C=O) groups is 1. The zero-order valence-electron chi connectivity index (χ0n) is 15.6. The molecular weight excluding hydrogens is 356 g/mol. The summed E-state index contributed by atoms with van der Waals surface area (Å²) in [7, 11) is 0. The highest BCUT2D eigenvalue weighted by molar-refractivity contribution is 6.30. The smallest absolute Gasteiger partial charge is 0.223 e. The number of benzene rings is 2. The van der Waals surface area contributed by atoms with E-state index in [1.54, 1.807) is 0 Å². The first-order chi connectivity index (χ1) is 13.1. The minimum Gasteiger partial charge on any atom is -0.356 e. The molecule has 1 N–H and O–H groups in total. The average molecular weight is 381 g/mol. The number of hydrogen-bond acceptors (Lipinski definition) is 2. The van der Waals surface area contributed by atoms with Crippen LogP contribution in [0.4, 0.5) is 0 Å². The summed E-state index contributed by atoms with van der Waals surface area (Å²) in [6, 6.07) is 17.9. The van der Waals surface area contributed by atoms with Gasteiger partial charge >= 0.3 is 0 Å². The third-order valence-corrected chi connectivity index (χ3v) is 5.83. The number of amides is 1. The van der Waals surface area contributed by atoms with Crippen molar-refractivity contribution in [2.45, 2.75) is 38.5 Å². The van der Waals surface area contributed by atoms with Crippen LogP contribution < -0.4 is 5.32 Å². The molecule has 1 aliphatic carbocycles. The Balaban J connectivity index is 1.76. The van der Waals surface area contributed by atoms with Gasteiger partial charge in [0.1, 0.15) is 0 Å². The molecule has 140 valence electrons. The third-order valence-electron chi connectivity index (χ3n) is 5.57. The lowest BCUT2D eigenvalue weighted by Crippen LogP contribution is -2.38. The standard InChI is InChI=1S/C23H25ClN2O/c1-16(15-26-23(27)19-5-3-6-19)22(13-17-8-10-21(24)11-9-17)20-7-2-4-18(12-20)14-25/h2,4,7-12,16,19,22H,3,5-6,13,15H2,1H3,(H,26,27)/t16?,22-/m0/s1. The van der Waals surface area contributed by atoms with Gasteiger partial charge in [-0.2, -0.15) is 5.26 Å². The van der Waals surface area contributed by atoms with Gasteiger partial charge in [-0.3, -0.25) is 4.79 Å². The molecule has 0 aromatic heterocycles. The Morgan fingerprint density at radius 2 is 2.00 bits per heavy atom. The molecule has 0 saturated heterocycles. The van der Waals surface area contributed by atoms with Crippen LogP contribution in [0, 0.1) is 23.2 Å². The normalized spacial score (nSPS) is 16.0. The lowest BCUT2D eigenvalue weighted by Gasteiger charge is -2.28. The molecule has 0 heterocycles. The van der Waals surface area contributed by atoms with Crippen LogP contribution in [0.1, 0.15) is 48.8 Å². The van der Waals surface area contributed by atoms with Crippen molar-refractivity contribution < 1.29 is 4.79 Å². The molecule has 1 fully saturated rings. The van der Waals surface area contributed by atoms with Crippen LogP contribution in [0.5, 0.6) is 0 Å². The lowest BCUT2D eigenvalue weighted by molar-refractivity contribution is -0.127. The number of rotatable bonds is 7. The summed E-state index contributed by atoms with van der Waals surface area (Å²) in [5.74, 6) is 0.845. The fourth-order valence-corrected chi connectivity index (χ4v) is 3.71. The van der Waals surface area contributed by atoms with Gasteiger partial charge in [-0.15, -0.1) is 0 Å². The Labute approximate surface area is 166 Å². The molecule has 3 rings (SSSR count). The molecule has 0 bridgehead atoms. The van der Waals surface area contributed by atoms with Crippen molar-refractivity contribution in [2.75, 3.05) is 6.54 Å². The first kappa shape index (κ1) is 19.5. The summed E-state index contributed by atoms with van der Waals surface area (Å²) < 4.78 is 0. The van der Waals surface area contributed by atoms with Gasteiger partial charge in [0.25, 0.3) is 0 Å². The molecular formula is C23H25ClN2O. The quantitative estimate of drug-likeness (QED) is 0.727. The fraction of sp³-hybridized carbons (Fsp3) is 0.391. The summed E-state index contributed by atoms with van der Waals surface area (Å²) in [6.07, 6.45) is 4.03. The topological polar surface area (TPSA) is 52.9 Å². The molecule has 2 aromatic carbocycles. The van der Waals surface area contributed by atoms with E-state index in [9.17, 15) is 10.1 Å². The molecule has 2 atom stereocenters. The van der Waals surface area contributed by atoms with Gasteiger partial charge in [0.15, 0.2) is 0 Å². The molecule has 1 aliphatic rings. The van der Waals surface area contributed by atoms with E-state index in [0.29, 0.717) is 12.1 Å². The Hall–Kier alpha value is -2.31. The second-order valence-electron chi connectivity index (χ2n) is 7.52. The number of carbonyl (C=O) groups excluding carboxylic acids is 1. The van der Waals surface area contributed by atoms with Crippen LogP contribution in [0.15, 0.2) is 48.5 Å². The van der Waals surface area contributed by atoms with Gasteiger partial charge in [0.2, 0.25) is 5.91 Å². The summed E-state index contributed by atoms with van der Waals surface area (Å²) >= 11 is 6.02. The highest BCUT2D eigenvalue weighted by atomic mass is 35.5. The Morgan fingerprint density at radius 3 is 2.63 bits per heavy atom. The van der Waals surface area contributed by atoms with Crippen molar-refractivity contribution in [1.82, 2.24) is 5.32 Å². The molecule has 0 radical (unpaired) electrons. The summed E-state index contributed by atoms with van der Waals surface area (Å²) in [5.41, 5.74) is 3.00. The number of nitrogens with one attached hydrogen (secondary N) is 1. The molecule has 0 aliphatic heterocycles. The second kappa shape index (κ2) is 9.06. The summed E-state index contributed by atoms with van der Waals surface area (Å²) in [5, 5.41) is 13.1. The molecule has 27 heavy (non-hydrogen) atoms. The number of hydrogen-bond donors (Lipinski definition) is 1. The highest BCUT2D eigenvalue weighted by Gasteiger charge is 2.26. The van der Waals surface area contributed by atoms with E-state index in [1.165, 1.54) is 5.56 Å². The van der Waals surface area contributed by atoms with E-state index in [4.69, 9.17) is 11.6 Å². The van der Waals surface area contributed by atoms with E-state index in [-0.39, 0.29) is 23.7 Å². The maximum Gasteiger partial charge on any atom is 0.223 e. The van der Waals surface area contributed by atoms with E-state index in [1.807, 2.05) is 42.5 Å². The maximum absolute atomic E-state index is 12.2. The van der Waals surface area contributed by atoms with E-state index in [2.05, 4.69) is 24.4 Å². The minimum absolute atomic E-state index is 0.184. The first-order valence-electron chi connectivity index (χ1n) is 9.59. The summed E-state index contributed by atoms with van der Waals surface area (Å²) in [4.78, 5) is 12.2. The average Bonchev–Trinajstić information content (AvgIpc) is 2.64. The second-order valence-corrected chi connectivity index (χ2v) is 7.96. The maximum atomic E-state index is 12.2. The van der Waals surface area contributed by atoms with E-state index < -0.39 is 0 Å². The van der Waals surface area contributed by atoms with Crippen molar-refractivity contribution in [1.29, 1.82) is 5.26 Å². The van der Waals surface area contributed by atoms with Crippen molar-refractivity contribution >= 4 is 17.5 Å². The Morgan fingerprint density at radius 1 is 1.26 bits per heavy atom. The third kappa shape index (κ3) is 5.11. The van der Waals surface area contributed by atoms with Gasteiger partial charge in [-0.05, 0) is 66.5 Å². The fourth-order valence-electron chi connectivity index (χ4n) is 3.58. The molecule has 1 saturated carbocycles.